The van der Waals surface area contributed by atoms with Gasteiger partial charge in [0.05, 0.1) is 18.5 Å². The third-order valence-electron chi connectivity index (χ3n) is 2.98. The SMILES string of the molecule is Cc1cc(C)cc(NC(=O)C[C@@H]([NH2+]C[C@H](C)O)C(=O)[O-])c1. The lowest BCUT2D eigenvalue weighted by atomic mass is 10.1. The smallest absolute Gasteiger partial charge is 0.230 e. The van der Waals surface area contributed by atoms with Gasteiger partial charge in [0, 0.05) is 5.69 Å². The number of carboxylic acid groups (broad SMARTS) is 1. The number of quaternary nitrogens is 1. The molecule has 1 amide bonds. The molecule has 6 nitrogen and oxygen atoms in total. The van der Waals surface area contributed by atoms with Crippen LogP contribution >= 0.6 is 0 Å². The molecule has 0 saturated carbocycles. The van der Waals surface area contributed by atoms with E-state index in [9.17, 15) is 14.7 Å². The van der Waals surface area contributed by atoms with Gasteiger partial charge < -0.3 is 25.6 Å². The highest BCUT2D eigenvalue weighted by Crippen LogP contribution is 2.13. The minimum atomic E-state index is -1.31. The number of rotatable bonds is 7. The first-order chi connectivity index (χ1) is 9.77. The van der Waals surface area contributed by atoms with Gasteiger partial charge >= 0.3 is 0 Å². The number of carboxylic acids is 1. The first-order valence-corrected chi connectivity index (χ1v) is 6.88. The fourth-order valence-electron chi connectivity index (χ4n) is 2.08. The molecule has 0 heterocycles. The molecule has 0 spiro atoms. The van der Waals surface area contributed by atoms with Crippen LogP contribution in [0.15, 0.2) is 18.2 Å². The Hall–Kier alpha value is -1.92. The molecule has 0 unspecified atom stereocenters. The maximum absolute atomic E-state index is 11.9. The zero-order valence-corrected chi connectivity index (χ0v) is 12.6. The van der Waals surface area contributed by atoms with Crippen molar-refractivity contribution < 1.29 is 25.1 Å². The Bertz CT molecular complexity index is 494. The second kappa shape index (κ2) is 7.75. The lowest BCUT2D eigenvalue weighted by molar-refractivity contribution is -0.687. The van der Waals surface area contributed by atoms with Crippen molar-refractivity contribution in [1.29, 1.82) is 0 Å². The van der Waals surface area contributed by atoms with E-state index in [-0.39, 0.29) is 13.0 Å². The van der Waals surface area contributed by atoms with Crippen molar-refractivity contribution in [1.82, 2.24) is 0 Å². The predicted octanol–water partition coefficient (Wildman–Crippen LogP) is -1.31. The number of benzene rings is 1. The van der Waals surface area contributed by atoms with Gasteiger partial charge in [0.1, 0.15) is 12.6 Å². The van der Waals surface area contributed by atoms with Gasteiger partial charge in [0.2, 0.25) is 5.91 Å². The van der Waals surface area contributed by atoms with Crippen LogP contribution in [0, 0.1) is 13.8 Å². The van der Waals surface area contributed by atoms with Crippen LogP contribution in [0.2, 0.25) is 0 Å². The zero-order valence-electron chi connectivity index (χ0n) is 12.6. The van der Waals surface area contributed by atoms with Crippen LogP contribution in [0.1, 0.15) is 24.5 Å². The number of carbonyl (C=O) groups is 2. The Balaban J connectivity index is 2.63. The quantitative estimate of drug-likeness (QED) is 0.581. The van der Waals surface area contributed by atoms with Gasteiger partial charge in [-0.15, -0.1) is 0 Å². The molecule has 6 heteroatoms. The molecule has 0 aromatic heterocycles. The van der Waals surface area contributed by atoms with Gasteiger partial charge in [-0.05, 0) is 44.0 Å². The van der Waals surface area contributed by atoms with E-state index in [4.69, 9.17) is 5.11 Å². The van der Waals surface area contributed by atoms with E-state index >= 15 is 0 Å². The fourth-order valence-corrected chi connectivity index (χ4v) is 2.08. The summed E-state index contributed by atoms with van der Waals surface area (Å²) in [6, 6.07) is 4.61. The van der Waals surface area contributed by atoms with Crippen LogP contribution in [0.4, 0.5) is 5.69 Å². The first-order valence-electron chi connectivity index (χ1n) is 6.88. The summed E-state index contributed by atoms with van der Waals surface area (Å²) in [6.45, 7) is 5.60. The molecule has 1 rings (SSSR count). The van der Waals surface area contributed by atoms with E-state index in [1.165, 1.54) is 5.32 Å². The molecule has 0 bridgehead atoms. The number of carbonyl (C=O) groups excluding carboxylic acids is 2. The normalized spacial score (nSPS) is 13.5. The number of anilines is 1. The van der Waals surface area contributed by atoms with Gasteiger partial charge in [0.15, 0.2) is 0 Å². The third-order valence-corrected chi connectivity index (χ3v) is 2.98. The van der Waals surface area contributed by atoms with E-state index < -0.39 is 24.0 Å². The number of aliphatic hydroxyl groups is 1. The van der Waals surface area contributed by atoms with E-state index in [2.05, 4.69) is 5.32 Å². The Morgan fingerprint density at radius 3 is 2.33 bits per heavy atom. The number of hydrogen-bond acceptors (Lipinski definition) is 4. The summed E-state index contributed by atoms with van der Waals surface area (Å²) in [5, 5.41) is 24.3. The number of amides is 1. The summed E-state index contributed by atoms with van der Waals surface area (Å²) in [4.78, 5) is 22.9. The lowest BCUT2D eigenvalue weighted by Gasteiger charge is -2.17. The maximum Gasteiger partial charge on any atom is 0.230 e. The maximum atomic E-state index is 11.9. The van der Waals surface area contributed by atoms with E-state index in [1.54, 1.807) is 6.92 Å². The molecule has 0 radical (unpaired) electrons. The highest BCUT2D eigenvalue weighted by Gasteiger charge is 2.19. The van der Waals surface area contributed by atoms with Crippen molar-refractivity contribution in [2.75, 3.05) is 11.9 Å². The summed E-state index contributed by atoms with van der Waals surface area (Å²) in [5.74, 6) is -1.71. The molecular formula is C15H22N2O4. The van der Waals surface area contributed by atoms with Crippen LogP contribution < -0.4 is 15.7 Å². The second-order valence-corrected chi connectivity index (χ2v) is 5.37. The van der Waals surface area contributed by atoms with Crippen LogP contribution in [0.3, 0.4) is 0 Å². The Morgan fingerprint density at radius 2 is 1.86 bits per heavy atom. The van der Waals surface area contributed by atoms with Crippen molar-refractivity contribution in [2.24, 2.45) is 0 Å². The number of nitrogens with two attached hydrogens (primary N) is 1. The first kappa shape index (κ1) is 17.1. The number of aryl methyl sites for hydroxylation is 2. The summed E-state index contributed by atoms with van der Waals surface area (Å²) in [7, 11) is 0. The average Bonchev–Trinajstić information content (AvgIpc) is 2.32. The Labute approximate surface area is 124 Å². The fraction of sp³-hybridized carbons (Fsp3) is 0.467. The third kappa shape index (κ3) is 6.37. The molecule has 2 atom stereocenters. The molecule has 4 N–H and O–H groups in total. The van der Waals surface area contributed by atoms with Crippen LogP contribution in [-0.2, 0) is 9.59 Å². The molecule has 0 saturated heterocycles. The Kier molecular flexibility index (Phi) is 6.33. The van der Waals surface area contributed by atoms with Gasteiger partial charge in [0.25, 0.3) is 0 Å². The molecule has 21 heavy (non-hydrogen) atoms. The van der Waals surface area contributed by atoms with Crippen molar-refractivity contribution in [3.63, 3.8) is 0 Å². The minimum Gasteiger partial charge on any atom is -0.544 e. The number of aliphatic carboxylic acids is 1. The standard InChI is InChI=1S/C15H22N2O4/c1-9-4-10(2)6-12(5-9)17-14(19)7-13(15(20)21)16-8-11(3)18/h4-6,11,13,16,18H,7-8H2,1-3H3,(H,17,19)(H,20,21)/t11-,13+/m0/s1. The molecule has 0 aliphatic heterocycles. The second-order valence-electron chi connectivity index (χ2n) is 5.37. The minimum absolute atomic E-state index is 0.204. The van der Waals surface area contributed by atoms with Gasteiger partial charge in [-0.25, -0.2) is 0 Å². The summed E-state index contributed by atoms with van der Waals surface area (Å²) in [5.41, 5.74) is 2.68. The van der Waals surface area contributed by atoms with E-state index in [1.807, 2.05) is 32.0 Å². The molecule has 0 aliphatic rings. The van der Waals surface area contributed by atoms with Crippen LogP contribution in [-0.4, -0.2) is 35.7 Å². The molecule has 0 fully saturated rings. The number of nitrogens with one attached hydrogen (secondary N) is 1. The molecule has 1 aromatic rings. The summed E-state index contributed by atoms with van der Waals surface area (Å²) in [6.07, 6.45) is -0.850. The Morgan fingerprint density at radius 1 is 1.29 bits per heavy atom. The monoisotopic (exact) mass is 294 g/mol. The number of hydrogen-bond donors (Lipinski definition) is 3. The lowest BCUT2D eigenvalue weighted by Crippen LogP contribution is -2.94. The molecule has 0 aliphatic carbocycles. The van der Waals surface area contributed by atoms with Crippen molar-refractivity contribution in [3.8, 4) is 0 Å². The predicted molar refractivity (Wildman–Crippen MR) is 76.4 cm³/mol. The highest BCUT2D eigenvalue weighted by atomic mass is 16.4. The van der Waals surface area contributed by atoms with E-state index in [0.717, 1.165) is 11.1 Å². The van der Waals surface area contributed by atoms with Crippen LogP contribution in [0.5, 0.6) is 0 Å². The van der Waals surface area contributed by atoms with Crippen LogP contribution in [0.25, 0.3) is 0 Å². The highest BCUT2D eigenvalue weighted by molar-refractivity contribution is 5.93. The summed E-state index contributed by atoms with van der Waals surface area (Å²) < 4.78 is 0. The average molecular weight is 294 g/mol. The number of aliphatic hydroxyl groups excluding tert-OH is 1. The zero-order chi connectivity index (χ0) is 16.0. The van der Waals surface area contributed by atoms with Crippen molar-refractivity contribution >= 4 is 17.6 Å². The molecular weight excluding hydrogens is 272 g/mol. The van der Waals surface area contributed by atoms with Gasteiger partial charge in [-0.2, -0.15) is 0 Å². The largest absolute Gasteiger partial charge is 0.544 e. The molecule has 1 aromatic carbocycles. The van der Waals surface area contributed by atoms with E-state index in [0.29, 0.717) is 5.69 Å². The summed E-state index contributed by atoms with van der Waals surface area (Å²) >= 11 is 0. The topological polar surface area (TPSA) is 106 Å². The van der Waals surface area contributed by atoms with Crippen molar-refractivity contribution in [2.45, 2.75) is 39.3 Å². The van der Waals surface area contributed by atoms with Gasteiger partial charge in [-0.1, -0.05) is 6.07 Å². The van der Waals surface area contributed by atoms with Crippen molar-refractivity contribution in [3.05, 3.63) is 29.3 Å². The molecule has 116 valence electrons. The van der Waals surface area contributed by atoms with Gasteiger partial charge in [-0.3, -0.25) is 4.79 Å².